The van der Waals surface area contributed by atoms with E-state index in [1.54, 1.807) is 17.9 Å². The maximum absolute atomic E-state index is 12.6. The van der Waals surface area contributed by atoms with Gasteiger partial charge in [0.15, 0.2) is 0 Å². The second-order valence-electron chi connectivity index (χ2n) is 7.52. The van der Waals surface area contributed by atoms with Crippen LogP contribution in [0.1, 0.15) is 33.5 Å². The molecule has 31 heavy (non-hydrogen) atoms. The number of nitro groups is 1. The largest absolute Gasteiger partial charge is 0.322 e. The van der Waals surface area contributed by atoms with Gasteiger partial charge in [-0.15, -0.1) is 0 Å². The van der Waals surface area contributed by atoms with E-state index in [4.69, 9.17) is 0 Å². The lowest BCUT2D eigenvalue weighted by molar-refractivity contribution is -0.385. The number of anilines is 2. The van der Waals surface area contributed by atoms with Gasteiger partial charge in [0.05, 0.1) is 11.5 Å². The molecule has 0 unspecified atom stereocenters. The zero-order valence-electron chi connectivity index (χ0n) is 17.0. The Morgan fingerprint density at radius 1 is 1.06 bits per heavy atom. The highest BCUT2D eigenvalue weighted by molar-refractivity contribution is 6.05. The molecule has 3 aromatic carbocycles. The molecule has 0 spiro atoms. The summed E-state index contributed by atoms with van der Waals surface area (Å²) in [5.74, 6) is -0.263. The molecule has 1 heterocycles. The number of nitrogens with one attached hydrogen (secondary N) is 1. The Labute approximate surface area is 179 Å². The Bertz CT molecular complexity index is 1170. The summed E-state index contributed by atoms with van der Waals surface area (Å²) in [4.78, 5) is 37.4. The number of carbonyl (C=O) groups is 2. The smallest absolute Gasteiger partial charge is 0.272 e. The summed E-state index contributed by atoms with van der Waals surface area (Å²) in [6.07, 6.45) is 1.03. The highest BCUT2D eigenvalue weighted by Crippen LogP contribution is 2.32. The van der Waals surface area contributed by atoms with Crippen molar-refractivity contribution in [3.8, 4) is 0 Å². The molecule has 3 aromatic rings. The third kappa shape index (κ3) is 4.30. The molecule has 1 N–H and O–H groups in total. The molecule has 156 valence electrons. The molecule has 0 fully saturated rings. The van der Waals surface area contributed by atoms with Crippen molar-refractivity contribution in [2.45, 2.75) is 26.3 Å². The Hall–Kier alpha value is -4.00. The highest BCUT2D eigenvalue weighted by Gasteiger charge is 2.24. The molecule has 1 aliphatic rings. The first-order valence-electron chi connectivity index (χ1n) is 9.96. The number of rotatable bonds is 5. The summed E-state index contributed by atoms with van der Waals surface area (Å²) in [7, 11) is 0. The van der Waals surface area contributed by atoms with Crippen LogP contribution >= 0.6 is 0 Å². The zero-order chi connectivity index (χ0) is 22.0. The molecule has 1 aliphatic heterocycles. The first-order chi connectivity index (χ1) is 14.9. The van der Waals surface area contributed by atoms with Gasteiger partial charge in [0.1, 0.15) is 0 Å². The molecule has 4 rings (SSSR count). The van der Waals surface area contributed by atoms with Crippen molar-refractivity contribution in [2.75, 3.05) is 10.2 Å². The van der Waals surface area contributed by atoms with Crippen molar-refractivity contribution >= 4 is 28.9 Å². The minimum Gasteiger partial charge on any atom is -0.322 e. The van der Waals surface area contributed by atoms with Crippen LogP contribution in [-0.2, 0) is 17.8 Å². The van der Waals surface area contributed by atoms with Gasteiger partial charge in [-0.3, -0.25) is 19.7 Å². The van der Waals surface area contributed by atoms with Crippen molar-refractivity contribution in [1.29, 1.82) is 0 Å². The average molecular weight is 415 g/mol. The van der Waals surface area contributed by atoms with E-state index in [-0.39, 0.29) is 17.5 Å². The fourth-order valence-electron chi connectivity index (χ4n) is 3.78. The molecular weight excluding hydrogens is 394 g/mol. The normalized spacial score (nSPS) is 12.9. The van der Waals surface area contributed by atoms with E-state index in [1.807, 2.05) is 42.5 Å². The van der Waals surface area contributed by atoms with E-state index in [9.17, 15) is 19.7 Å². The average Bonchev–Trinajstić information content (AvgIpc) is 2.76. The maximum atomic E-state index is 12.6. The molecule has 0 atom stereocenters. The van der Waals surface area contributed by atoms with Crippen molar-refractivity contribution < 1.29 is 14.5 Å². The highest BCUT2D eigenvalue weighted by atomic mass is 16.6. The van der Waals surface area contributed by atoms with Crippen molar-refractivity contribution in [2.24, 2.45) is 0 Å². The molecule has 7 nitrogen and oxygen atoms in total. The van der Waals surface area contributed by atoms with Crippen molar-refractivity contribution in [3.63, 3.8) is 0 Å². The van der Waals surface area contributed by atoms with Crippen LogP contribution in [-0.4, -0.2) is 16.7 Å². The number of carbonyl (C=O) groups excluding carboxylic acids is 2. The van der Waals surface area contributed by atoms with Gasteiger partial charge in [-0.1, -0.05) is 30.3 Å². The van der Waals surface area contributed by atoms with Gasteiger partial charge >= 0.3 is 0 Å². The fraction of sp³-hybridized carbons (Fsp3) is 0.167. The van der Waals surface area contributed by atoms with E-state index >= 15 is 0 Å². The maximum Gasteiger partial charge on any atom is 0.272 e. The second kappa shape index (κ2) is 8.39. The van der Waals surface area contributed by atoms with Gasteiger partial charge in [0, 0.05) is 35.0 Å². The Balaban J connectivity index is 1.54. The number of amides is 2. The van der Waals surface area contributed by atoms with Gasteiger partial charge in [-0.05, 0) is 54.8 Å². The third-order valence-electron chi connectivity index (χ3n) is 5.38. The molecule has 0 bridgehead atoms. The van der Waals surface area contributed by atoms with Crippen LogP contribution in [0.4, 0.5) is 17.1 Å². The number of nitrogens with zero attached hydrogens (tertiary/aromatic N) is 2. The number of fused-ring (bicyclic) bond motifs is 1. The minimum atomic E-state index is -0.469. The number of hydrogen-bond acceptors (Lipinski definition) is 4. The van der Waals surface area contributed by atoms with Gasteiger partial charge in [-0.2, -0.15) is 0 Å². The molecule has 7 heteroatoms. The van der Waals surface area contributed by atoms with E-state index in [2.05, 4.69) is 5.32 Å². The Morgan fingerprint density at radius 3 is 2.55 bits per heavy atom. The monoisotopic (exact) mass is 415 g/mol. The summed E-state index contributed by atoms with van der Waals surface area (Å²) < 4.78 is 0. The van der Waals surface area contributed by atoms with Crippen LogP contribution in [0.5, 0.6) is 0 Å². The SMILES string of the molecule is Cc1cc(C(=O)Nc2ccc3c(c2)CCC(=O)N3Cc2ccccc2)ccc1[N+](=O)[O-]. The third-order valence-corrected chi connectivity index (χ3v) is 5.38. The summed E-state index contributed by atoms with van der Waals surface area (Å²) >= 11 is 0. The molecule has 0 aromatic heterocycles. The molecule has 0 radical (unpaired) electrons. The lowest BCUT2D eigenvalue weighted by atomic mass is 9.99. The summed E-state index contributed by atoms with van der Waals surface area (Å²) in [6.45, 7) is 2.10. The molecule has 0 saturated heterocycles. The van der Waals surface area contributed by atoms with Crippen LogP contribution < -0.4 is 10.2 Å². The van der Waals surface area contributed by atoms with E-state index in [0.717, 1.165) is 16.8 Å². The first-order valence-corrected chi connectivity index (χ1v) is 9.96. The first kappa shape index (κ1) is 20.3. The number of aryl methyl sites for hydroxylation is 2. The summed E-state index contributed by atoms with van der Waals surface area (Å²) in [6, 6.07) is 19.6. The Kier molecular flexibility index (Phi) is 5.49. The van der Waals surface area contributed by atoms with Crippen molar-refractivity contribution in [3.05, 3.63) is 99.1 Å². The predicted octanol–water partition coefficient (Wildman–Crippen LogP) is 4.63. The van der Waals surface area contributed by atoms with Crippen LogP contribution in [0.25, 0.3) is 0 Å². The van der Waals surface area contributed by atoms with Gasteiger partial charge in [0.25, 0.3) is 11.6 Å². The van der Waals surface area contributed by atoms with Crippen molar-refractivity contribution in [1.82, 2.24) is 0 Å². The quantitative estimate of drug-likeness (QED) is 0.485. The van der Waals surface area contributed by atoms with Gasteiger partial charge in [0.2, 0.25) is 5.91 Å². The topological polar surface area (TPSA) is 92.6 Å². The lowest BCUT2D eigenvalue weighted by Gasteiger charge is -2.30. The summed E-state index contributed by atoms with van der Waals surface area (Å²) in [5.41, 5.74) is 4.27. The van der Waals surface area contributed by atoms with Crippen LogP contribution in [0.2, 0.25) is 0 Å². The van der Waals surface area contributed by atoms with Gasteiger partial charge in [-0.25, -0.2) is 0 Å². The standard InChI is InChI=1S/C24H21N3O4/c1-16-13-19(7-10-21(16)27(30)31)24(29)25-20-9-11-22-18(14-20)8-12-23(28)26(22)15-17-5-3-2-4-6-17/h2-7,9-11,13-14H,8,12,15H2,1H3,(H,25,29). The molecule has 2 amide bonds. The molecule has 0 aliphatic carbocycles. The predicted molar refractivity (Wildman–Crippen MR) is 118 cm³/mol. The van der Waals surface area contributed by atoms with Gasteiger partial charge < -0.3 is 10.2 Å². The number of hydrogen-bond donors (Lipinski definition) is 1. The second-order valence-corrected chi connectivity index (χ2v) is 7.52. The molecular formula is C24H21N3O4. The lowest BCUT2D eigenvalue weighted by Crippen LogP contribution is -2.34. The van der Waals surface area contributed by atoms with E-state index < -0.39 is 4.92 Å². The Morgan fingerprint density at radius 2 is 1.84 bits per heavy atom. The zero-order valence-corrected chi connectivity index (χ0v) is 17.0. The van der Waals surface area contributed by atoms with E-state index in [0.29, 0.717) is 36.2 Å². The van der Waals surface area contributed by atoms with E-state index in [1.165, 1.54) is 18.2 Å². The van der Waals surface area contributed by atoms with Crippen LogP contribution in [0.3, 0.4) is 0 Å². The summed E-state index contributed by atoms with van der Waals surface area (Å²) in [5, 5.41) is 13.8. The number of benzene rings is 3. The molecule has 0 saturated carbocycles. The van der Waals surface area contributed by atoms with Crippen LogP contribution in [0, 0.1) is 17.0 Å². The van der Waals surface area contributed by atoms with Crippen LogP contribution in [0.15, 0.2) is 66.7 Å². The minimum absolute atomic E-state index is 0.0199. The number of nitro benzene ring substituents is 1. The fourth-order valence-corrected chi connectivity index (χ4v) is 3.78.